The van der Waals surface area contributed by atoms with Crippen molar-refractivity contribution in [3.8, 4) is 5.75 Å². The fourth-order valence-electron chi connectivity index (χ4n) is 5.25. The SMILES string of the molecule is COc1ccc(NC(=O)CC(c2ccc(C)o2)N2C(=O)C3C4C=CC(C4)C3C2=O)cc1. The number of amides is 3. The number of methoxy groups -OCH3 is 1. The van der Waals surface area contributed by atoms with Gasteiger partial charge >= 0.3 is 0 Å². The molecule has 1 saturated heterocycles. The molecule has 2 heterocycles. The summed E-state index contributed by atoms with van der Waals surface area (Å²) in [5, 5.41) is 2.84. The van der Waals surface area contributed by atoms with Crippen molar-refractivity contribution in [3.05, 3.63) is 60.1 Å². The van der Waals surface area contributed by atoms with E-state index in [-0.39, 0.29) is 47.8 Å². The van der Waals surface area contributed by atoms with Crippen LogP contribution in [0.15, 0.2) is 53.0 Å². The number of rotatable bonds is 6. The van der Waals surface area contributed by atoms with Crippen molar-refractivity contribution in [1.29, 1.82) is 0 Å². The van der Waals surface area contributed by atoms with Crippen LogP contribution in [-0.2, 0) is 14.4 Å². The molecular formula is C24H24N2O5. The molecule has 7 nitrogen and oxygen atoms in total. The predicted molar refractivity (Wildman–Crippen MR) is 112 cm³/mol. The maximum atomic E-state index is 13.3. The Balaban J connectivity index is 1.39. The van der Waals surface area contributed by atoms with Gasteiger partial charge in [-0.25, -0.2) is 0 Å². The fourth-order valence-corrected chi connectivity index (χ4v) is 5.25. The standard InChI is InChI=1S/C24H24N2O5/c1-13-3-10-19(31-13)18(12-20(27)25-16-6-8-17(30-2)9-7-16)26-23(28)21-14-4-5-15(11-14)22(21)24(26)29/h3-10,14-15,18,21-22H,11-12H2,1-2H3,(H,25,27). The van der Waals surface area contributed by atoms with Crippen LogP contribution in [0.2, 0.25) is 0 Å². The molecule has 5 rings (SSSR count). The molecule has 31 heavy (non-hydrogen) atoms. The van der Waals surface area contributed by atoms with Crippen molar-refractivity contribution in [3.63, 3.8) is 0 Å². The van der Waals surface area contributed by atoms with Crippen LogP contribution in [0.3, 0.4) is 0 Å². The third-order valence-corrected chi connectivity index (χ3v) is 6.66. The Kier molecular flexibility index (Phi) is 4.68. The molecule has 2 aromatic rings. The minimum atomic E-state index is -0.767. The molecule has 3 amide bonds. The van der Waals surface area contributed by atoms with Crippen LogP contribution in [-0.4, -0.2) is 29.7 Å². The smallest absolute Gasteiger partial charge is 0.234 e. The van der Waals surface area contributed by atoms with E-state index < -0.39 is 6.04 Å². The summed E-state index contributed by atoms with van der Waals surface area (Å²) in [4.78, 5) is 40.8. The van der Waals surface area contributed by atoms with Gasteiger partial charge in [0.1, 0.15) is 23.3 Å². The molecule has 5 atom stereocenters. The monoisotopic (exact) mass is 420 g/mol. The minimum Gasteiger partial charge on any atom is -0.497 e. The highest BCUT2D eigenvalue weighted by Crippen LogP contribution is 2.54. The molecule has 1 saturated carbocycles. The van der Waals surface area contributed by atoms with Crippen molar-refractivity contribution in [1.82, 2.24) is 4.90 Å². The number of benzene rings is 1. The Morgan fingerprint density at radius 3 is 2.29 bits per heavy atom. The zero-order chi connectivity index (χ0) is 21.7. The first-order valence-electron chi connectivity index (χ1n) is 10.5. The number of allylic oxidation sites excluding steroid dienone is 2. The zero-order valence-electron chi connectivity index (χ0n) is 17.4. The number of anilines is 1. The lowest BCUT2D eigenvalue weighted by Gasteiger charge is -2.26. The number of imide groups is 1. The normalized spacial score (nSPS) is 27.0. The molecule has 5 unspecified atom stereocenters. The van der Waals surface area contributed by atoms with Crippen LogP contribution in [0.1, 0.15) is 30.4 Å². The maximum Gasteiger partial charge on any atom is 0.234 e. The van der Waals surface area contributed by atoms with Gasteiger partial charge in [-0.15, -0.1) is 0 Å². The molecule has 1 aromatic heterocycles. The van der Waals surface area contributed by atoms with Crippen LogP contribution in [0.4, 0.5) is 5.69 Å². The lowest BCUT2D eigenvalue weighted by Crippen LogP contribution is -2.38. The maximum absolute atomic E-state index is 13.3. The fraction of sp³-hybridized carbons (Fsp3) is 0.375. The highest BCUT2D eigenvalue weighted by atomic mass is 16.5. The summed E-state index contributed by atoms with van der Waals surface area (Å²) in [5.74, 6) is 0.712. The summed E-state index contributed by atoms with van der Waals surface area (Å²) < 4.78 is 10.9. The van der Waals surface area contributed by atoms with Crippen LogP contribution >= 0.6 is 0 Å². The quantitative estimate of drug-likeness (QED) is 0.571. The van der Waals surface area contributed by atoms with Gasteiger partial charge in [-0.05, 0) is 61.6 Å². The van der Waals surface area contributed by atoms with Gasteiger partial charge in [-0.3, -0.25) is 19.3 Å². The molecule has 0 radical (unpaired) electrons. The highest BCUT2D eigenvalue weighted by molar-refractivity contribution is 6.07. The van der Waals surface area contributed by atoms with Gasteiger partial charge in [0.15, 0.2) is 0 Å². The number of aryl methyl sites for hydroxylation is 1. The molecular weight excluding hydrogens is 396 g/mol. The van der Waals surface area contributed by atoms with E-state index in [9.17, 15) is 14.4 Å². The number of carbonyl (C=O) groups is 3. The second kappa shape index (κ2) is 7.41. The van der Waals surface area contributed by atoms with Gasteiger partial charge in [-0.1, -0.05) is 12.2 Å². The average molecular weight is 420 g/mol. The Morgan fingerprint density at radius 1 is 1.10 bits per heavy atom. The van der Waals surface area contributed by atoms with E-state index in [1.807, 2.05) is 0 Å². The number of carbonyl (C=O) groups excluding carboxylic acids is 3. The molecule has 3 aliphatic rings. The third kappa shape index (κ3) is 3.24. The summed E-state index contributed by atoms with van der Waals surface area (Å²) >= 11 is 0. The molecule has 2 fully saturated rings. The topological polar surface area (TPSA) is 88.8 Å². The summed E-state index contributed by atoms with van der Waals surface area (Å²) in [5.41, 5.74) is 0.610. The van der Waals surface area contributed by atoms with E-state index in [1.54, 1.807) is 50.4 Å². The van der Waals surface area contributed by atoms with E-state index in [4.69, 9.17) is 9.15 Å². The van der Waals surface area contributed by atoms with Crippen LogP contribution in [0, 0.1) is 30.6 Å². The first kappa shape index (κ1) is 19.6. The number of nitrogens with zero attached hydrogens (tertiary/aromatic N) is 1. The van der Waals surface area contributed by atoms with E-state index in [0.717, 1.165) is 6.42 Å². The number of hydrogen-bond donors (Lipinski definition) is 1. The summed E-state index contributed by atoms with van der Waals surface area (Å²) in [6.45, 7) is 1.80. The van der Waals surface area contributed by atoms with Gasteiger partial charge in [0.2, 0.25) is 17.7 Å². The van der Waals surface area contributed by atoms with Gasteiger partial charge in [0.05, 0.1) is 25.4 Å². The minimum absolute atomic E-state index is 0.0708. The van der Waals surface area contributed by atoms with Crippen molar-refractivity contribution in [2.24, 2.45) is 23.7 Å². The van der Waals surface area contributed by atoms with Crippen molar-refractivity contribution < 1.29 is 23.5 Å². The Hall–Kier alpha value is -3.35. The zero-order valence-corrected chi connectivity index (χ0v) is 17.4. The number of furan rings is 1. The predicted octanol–water partition coefficient (Wildman–Crippen LogP) is 3.47. The average Bonchev–Trinajstić information content (AvgIpc) is 3.52. The number of ether oxygens (including phenoxy) is 1. The number of nitrogens with one attached hydrogen (secondary N) is 1. The van der Waals surface area contributed by atoms with Crippen molar-refractivity contribution in [2.75, 3.05) is 12.4 Å². The largest absolute Gasteiger partial charge is 0.497 e. The Bertz CT molecular complexity index is 1040. The van der Waals surface area contributed by atoms with E-state index in [1.165, 1.54) is 4.90 Å². The van der Waals surface area contributed by atoms with Crippen molar-refractivity contribution in [2.45, 2.75) is 25.8 Å². The lowest BCUT2D eigenvalue weighted by molar-refractivity contribution is -0.144. The lowest BCUT2D eigenvalue weighted by atomic mass is 9.85. The molecule has 0 spiro atoms. The highest BCUT2D eigenvalue weighted by Gasteiger charge is 2.60. The second-order valence-electron chi connectivity index (χ2n) is 8.49. The third-order valence-electron chi connectivity index (χ3n) is 6.66. The Morgan fingerprint density at radius 2 is 1.74 bits per heavy atom. The summed E-state index contributed by atoms with van der Waals surface area (Å²) in [6, 6.07) is 9.73. The summed E-state index contributed by atoms with van der Waals surface area (Å²) in [7, 11) is 1.57. The molecule has 160 valence electrons. The number of hydrogen-bond acceptors (Lipinski definition) is 5. The summed E-state index contributed by atoms with van der Waals surface area (Å²) in [6.07, 6.45) is 4.91. The van der Waals surface area contributed by atoms with Crippen molar-refractivity contribution >= 4 is 23.4 Å². The second-order valence-corrected chi connectivity index (χ2v) is 8.49. The van der Waals surface area contributed by atoms with E-state index in [2.05, 4.69) is 17.5 Å². The van der Waals surface area contributed by atoms with Crippen LogP contribution in [0.25, 0.3) is 0 Å². The van der Waals surface area contributed by atoms with Gasteiger partial charge in [0.25, 0.3) is 0 Å². The Labute approximate surface area is 180 Å². The number of fused-ring (bicyclic) bond motifs is 5. The van der Waals surface area contributed by atoms with E-state index >= 15 is 0 Å². The first-order valence-corrected chi connectivity index (χ1v) is 10.5. The molecule has 2 aliphatic carbocycles. The van der Waals surface area contributed by atoms with Gasteiger partial charge < -0.3 is 14.5 Å². The molecule has 1 aromatic carbocycles. The van der Waals surface area contributed by atoms with Crippen LogP contribution in [0.5, 0.6) is 5.75 Å². The molecule has 1 aliphatic heterocycles. The number of likely N-dealkylation sites (tertiary alicyclic amines) is 1. The van der Waals surface area contributed by atoms with E-state index in [0.29, 0.717) is 23.0 Å². The van der Waals surface area contributed by atoms with Gasteiger partial charge in [-0.2, -0.15) is 0 Å². The molecule has 2 bridgehead atoms. The van der Waals surface area contributed by atoms with Crippen LogP contribution < -0.4 is 10.1 Å². The molecule has 7 heteroatoms. The molecule has 1 N–H and O–H groups in total. The first-order chi connectivity index (χ1) is 15.0. The van der Waals surface area contributed by atoms with Gasteiger partial charge in [0, 0.05) is 5.69 Å².